The van der Waals surface area contributed by atoms with Gasteiger partial charge in [0.05, 0.1) is 78.1 Å². The van der Waals surface area contributed by atoms with E-state index in [0.29, 0.717) is 52.9 Å². The summed E-state index contributed by atoms with van der Waals surface area (Å²) in [5.74, 6) is -0.423. The SMILES string of the molecule is COC(=O)COCCOCCOCCOCCOCCOS(=O)(=O)c1ccc(C)cc1. The Bertz CT molecular complexity index is 690. The Labute approximate surface area is 183 Å². The zero-order valence-corrected chi connectivity index (χ0v) is 18.9. The molecule has 0 saturated heterocycles. The van der Waals surface area contributed by atoms with Gasteiger partial charge >= 0.3 is 5.97 Å². The molecule has 1 aromatic rings. The Morgan fingerprint density at radius 1 is 0.710 bits per heavy atom. The number of hydrogen-bond acceptors (Lipinski definition) is 10. The average Bonchev–Trinajstić information content (AvgIpc) is 2.75. The summed E-state index contributed by atoms with van der Waals surface area (Å²) in [6.07, 6.45) is 0. The molecule has 10 nitrogen and oxygen atoms in total. The molecule has 0 aromatic heterocycles. The molecule has 0 saturated carbocycles. The fourth-order valence-corrected chi connectivity index (χ4v) is 2.96. The van der Waals surface area contributed by atoms with Crippen LogP contribution in [0.2, 0.25) is 0 Å². The molecular weight excluding hydrogens is 432 g/mol. The molecule has 0 aliphatic rings. The fourth-order valence-electron chi connectivity index (χ4n) is 2.07. The first kappa shape index (κ1) is 27.4. The Morgan fingerprint density at radius 2 is 1.13 bits per heavy atom. The van der Waals surface area contributed by atoms with E-state index in [1.54, 1.807) is 12.1 Å². The summed E-state index contributed by atoms with van der Waals surface area (Å²) < 4.78 is 59.6. The summed E-state index contributed by atoms with van der Waals surface area (Å²) in [5.41, 5.74) is 0.972. The van der Waals surface area contributed by atoms with Crippen LogP contribution >= 0.6 is 0 Å². The highest BCUT2D eigenvalue weighted by molar-refractivity contribution is 7.86. The maximum atomic E-state index is 12.0. The number of ether oxygens (including phenoxy) is 6. The van der Waals surface area contributed by atoms with Crippen molar-refractivity contribution in [2.75, 3.05) is 79.8 Å². The lowest BCUT2D eigenvalue weighted by molar-refractivity contribution is -0.146. The highest BCUT2D eigenvalue weighted by Crippen LogP contribution is 2.12. The molecule has 0 bridgehead atoms. The topological polar surface area (TPSA) is 116 Å². The highest BCUT2D eigenvalue weighted by Gasteiger charge is 2.14. The third-order valence-corrected chi connectivity index (χ3v) is 5.04. The van der Waals surface area contributed by atoms with Crippen LogP contribution in [0.15, 0.2) is 29.2 Å². The monoisotopic (exact) mass is 464 g/mol. The van der Waals surface area contributed by atoms with Crippen molar-refractivity contribution in [1.82, 2.24) is 0 Å². The largest absolute Gasteiger partial charge is 0.467 e. The molecule has 0 unspecified atom stereocenters. The molecule has 0 aliphatic heterocycles. The Morgan fingerprint density at radius 3 is 1.58 bits per heavy atom. The molecule has 0 radical (unpaired) electrons. The van der Waals surface area contributed by atoms with Crippen LogP contribution in [0.1, 0.15) is 5.56 Å². The molecule has 11 heteroatoms. The molecule has 31 heavy (non-hydrogen) atoms. The highest BCUT2D eigenvalue weighted by atomic mass is 32.2. The Kier molecular flexibility index (Phi) is 15.1. The second kappa shape index (κ2) is 17.0. The van der Waals surface area contributed by atoms with Gasteiger partial charge in [-0.2, -0.15) is 8.42 Å². The molecule has 1 rings (SSSR count). The smallest absolute Gasteiger partial charge is 0.331 e. The second-order valence-corrected chi connectivity index (χ2v) is 7.78. The van der Waals surface area contributed by atoms with Gasteiger partial charge in [0.2, 0.25) is 0 Å². The van der Waals surface area contributed by atoms with Gasteiger partial charge in [0.25, 0.3) is 10.1 Å². The van der Waals surface area contributed by atoms with Gasteiger partial charge in [-0.15, -0.1) is 0 Å². The predicted molar refractivity (Wildman–Crippen MR) is 110 cm³/mol. The molecule has 0 amide bonds. The number of benzene rings is 1. The van der Waals surface area contributed by atoms with Crippen LogP contribution in [-0.4, -0.2) is 94.2 Å². The van der Waals surface area contributed by atoms with Crippen LogP contribution in [0, 0.1) is 6.92 Å². The van der Waals surface area contributed by atoms with E-state index in [2.05, 4.69) is 4.74 Å². The van der Waals surface area contributed by atoms with E-state index in [-0.39, 0.29) is 24.7 Å². The molecule has 0 spiro atoms. The van der Waals surface area contributed by atoms with E-state index in [1.807, 2.05) is 6.92 Å². The maximum Gasteiger partial charge on any atom is 0.331 e. The van der Waals surface area contributed by atoms with Crippen molar-refractivity contribution in [1.29, 1.82) is 0 Å². The normalized spacial score (nSPS) is 11.5. The van der Waals surface area contributed by atoms with Gasteiger partial charge in [0.1, 0.15) is 6.61 Å². The minimum atomic E-state index is -3.76. The van der Waals surface area contributed by atoms with E-state index < -0.39 is 16.1 Å². The maximum absolute atomic E-state index is 12.0. The van der Waals surface area contributed by atoms with Gasteiger partial charge in [0.15, 0.2) is 0 Å². The fraction of sp³-hybridized carbons (Fsp3) is 0.650. The average molecular weight is 465 g/mol. The first-order chi connectivity index (χ1) is 15.0. The van der Waals surface area contributed by atoms with Crippen molar-refractivity contribution < 1.29 is 45.8 Å². The summed E-state index contributed by atoms with van der Waals surface area (Å²) in [4.78, 5) is 10.9. The van der Waals surface area contributed by atoms with Gasteiger partial charge in [-0.3, -0.25) is 4.18 Å². The standard InChI is InChI=1S/C20H32O10S/c1-18-3-5-19(6-4-18)31(22,23)30-16-15-28-12-11-26-8-7-25-9-10-27-13-14-29-17-20(21)24-2/h3-6H,7-17H2,1-2H3. The van der Waals surface area contributed by atoms with Gasteiger partial charge in [-0.25, -0.2) is 4.79 Å². The van der Waals surface area contributed by atoms with Crippen molar-refractivity contribution in [2.45, 2.75) is 11.8 Å². The van der Waals surface area contributed by atoms with E-state index in [0.717, 1.165) is 5.56 Å². The number of aryl methyl sites for hydroxylation is 1. The summed E-state index contributed by atoms with van der Waals surface area (Å²) in [7, 11) is -2.46. The number of carbonyl (C=O) groups excluding carboxylic acids is 1. The molecule has 0 N–H and O–H groups in total. The summed E-state index contributed by atoms with van der Waals surface area (Å²) in [6.45, 7) is 4.89. The van der Waals surface area contributed by atoms with Crippen LogP contribution in [0.25, 0.3) is 0 Å². The Hall–Kier alpha value is -1.60. The number of esters is 1. The van der Waals surface area contributed by atoms with Crippen LogP contribution in [-0.2, 0) is 47.5 Å². The van der Waals surface area contributed by atoms with Crippen LogP contribution < -0.4 is 0 Å². The lowest BCUT2D eigenvalue weighted by atomic mass is 10.2. The lowest BCUT2D eigenvalue weighted by Gasteiger charge is -2.08. The molecule has 0 atom stereocenters. The third kappa shape index (κ3) is 14.2. The molecular formula is C20H32O10S. The van der Waals surface area contributed by atoms with E-state index in [1.165, 1.54) is 19.2 Å². The van der Waals surface area contributed by atoms with Gasteiger partial charge < -0.3 is 28.4 Å². The van der Waals surface area contributed by atoms with E-state index >= 15 is 0 Å². The lowest BCUT2D eigenvalue weighted by Crippen LogP contribution is -2.16. The van der Waals surface area contributed by atoms with Crippen molar-refractivity contribution in [3.05, 3.63) is 29.8 Å². The van der Waals surface area contributed by atoms with Crippen molar-refractivity contribution in [3.63, 3.8) is 0 Å². The van der Waals surface area contributed by atoms with Crippen molar-refractivity contribution in [3.8, 4) is 0 Å². The minimum Gasteiger partial charge on any atom is -0.467 e. The van der Waals surface area contributed by atoms with Gasteiger partial charge in [-0.05, 0) is 19.1 Å². The number of hydrogen-bond donors (Lipinski definition) is 0. The Balaban J connectivity index is 1.84. The van der Waals surface area contributed by atoms with E-state index in [9.17, 15) is 13.2 Å². The molecule has 178 valence electrons. The van der Waals surface area contributed by atoms with Crippen molar-refractivity contribution in [2.24, 2.45) is 0 Å². The molecule has 0 heterocycles. The second-order valence-electron chi connectivity index (χ2n) is 6.17. The first-order valence-corrected chi connectivity index (χ1v) is 11.3. The van der Waals surface area contributed by atoms with Crippen molar-refractivity contribution >= 4 is 16.1 Å². The first-order valence-electron chi connectivity index (χ1n) is 9.87. The summed E-state index contributed by atoms with van der Waals surface area (Å²) in [6, 6.07) is 6.45. The van der Waals surface area contributed by atoms with Gasteiger partial charge in [-0.1, -0.05) is 17.7 Å². The van der Waals surface area contributed by atoms with Crippen LogP contribution in [0.3, 0.4) is 0 Å². The zero-order valence-electron chi connectivity index (χ0n) is 18.1. The predicted octanol–water partition coefficient (Wildman–Crippen LogP) is 0.956. The van der Waals surface area contributed by atoms with Crippen LogP contribution in [0.5, 0.6) is 0 Å². The number of methoxy groups -OCH3 is 1. The quantitative estimate of drug-likeness (QED) is 0.166. The van der Waals surface area contributed by atoms with Gasteiger partial charge in [0, 0.05) is 0 Å². The minimum absolute atomic E-state index is 0.0625. The third-order valence-electron chi connectivity index (χ3n) is 3.71. The summed E-state index contributed by atoms with van der Waals surface area (Å²) >= 11 is 0. The van der Waals surface area contributed by atoms with Crippen LogP contribution in [0.4, 0.5) is 0 Å². The zero-order chi connectivity index (χ0) is 22.8. The number of carbonyl (C=O) groups is 1. The van der Waals surface area contributed by atoms with E-state index in [4.69, 9.17) is 27.9 Å². The number of rotatable bonds is 19. The summed E-state index contributed by atoms with van der Waals surface area (Å²) in [5, 5.41) is 0. The molecule has 1 aromatic carbocycles. The molecule has 0 aliphatic carbocycles. The molecule has 0 fully saturated rings.